The highest BCUT2D eigenvalue weighted by atomic mass is 16.5. The smallest absolute Gasteiger partial charge is 0.412 e. The molecule has 5 nitrogen and oxygen atoms in total. The number of amides is 1. The van der Waals surface area contributed by atoms with Gasteiger partial charge in [-0.05, 0) is 18.1 Å². The Bertz CT molecular complexity index is 407. The lowest BCUT2D eigenvalue weighted by Gasteiger charge is -2.01. The first-order valence-electron chi connectivity index (χ1n) is 4.18. The molecule has 0 spiro atoms. The van der Waals surface area contributed by atoms with Gasteiger partial charge in [-0.3, -0.25) is 5.32 Å². The van der Waals surface area contributed by atoms with E-state index in [0.29, 0.717) is 11.5 Å². The number of nitrogens with zero attached hydrogens (tertiary/aromatic N) is 1. The Morgan fingerprint density at radius 1 is 1.67 bits per heavy atom. The van der Waals surface area contributed by atoms with E-state index in [9.17, 15) is 4.79 Å². The van der Waals surface area contributed by atoms with Crippen molar-refractivity contribution in [3.8, 4) is 11.8 Å². The molecule has 0 fully saturated rings. The summed E-state index contributed by atoms with van der Waals surface area (Å²) < 4.78 is 4.41. The average molecular weight is 206 g/mol. The molecule has 5 heteroatoms. The van der Waals surface area contributed by atoms with Crippen molar-refractivity contribution >= 4 is 11.9 Å². The fourth-order valence-corrected chi connectivity index (χ4v) is 0.860. The van der Waals surface area contributed by atoms with Crippen LogP contribution in [0, 0.1) is 11.8 Å². The van der Waals surface area contributed by atoms with Crippen LogP contribution in [0.1, 0.15) is 5.69 Å². The second kappa shape index (κ2) is 5.62. The summed E-state index contributed by atoms with van der Waals surface area (Å²) in [6, 6.07) is 4.98. The van der Waals surface area contributed by atoms with Crippen molar-refractivity contribution < 1.29 is 14.6 Å². The van der Waals surface area contributed by atoms with Gasteiger partial charge >= 0.3 is 6.09 Å². The van der Waals surface area contributed by atoms with Crippen molar-refractivity contribution in [2.24, 2.45) is 0 Å². The van der Waals surface area contributed by atoms with Crippen molar-refractivity contribution in [2.45, 2.75) is 0 Å². The predicted molar refractivity (Wildman–Crippen MR) is 54.2 cm³/mol. The Balaban J connectivity index is 2.78. The lowest BCUT2D eigenvalue weighted by Crippen LogP contribution is -2.12. The molecule has 78 valence electrons. The highest BCUT2D eigenvalue weighted by Crippen LogP contribution is 2.03. The molecule has 0 aromatic carbocycles. The van der Waals surface area contributed by atoms with Crippen molar-refractivity contribution in [3.05, 3.63) is 23.9 Å². The van der Waals surface area contributed by atoms with E-state index in [4.69, 9.17) is 5.11 Å². The molecular weight excluding hydrogens is 196 g/mol. The molecule has 0 saturated heterocycles. The van der Waals surface area contributed by atoms with E-state index in [1.54, 1.807) is 18.2 Å². The molecule has 0 unspecified atom stereocenters. The summed E-state index contributed by atoms with van der Waals surface area (Å²) in [5.74, 6) is 5.43. The summed E-state index contributed by atoms with van der Waals surface area (Å²) >= 11 is 0. The second-order valence-corrected chi connectivity index (χ2v) is 2.48. The third kappa shape index (κ3) is 3.67. The SMILES string of the molecule is COC(=O)Nc1cccc(C#CCO)n1. The van der Waals surface area contributed by atoms with Crippen LogP contribution >= 0.6 is 0 Å². The Kier molecular flexibility index (Phi) is 4.13. The fraction of sp³-hybridized carbons (Fsp3) is 0.200. The molecule has 0 aliphatic rings. The maximum atomic E-state index is 10.9. The molecular formula is C10H10N2O3. The van der Waals surface area contributed by atoms with Gasteiger partial charge in [-0.1, -0.05) is 12.0 Å². The molecule has 2 N–H and O–H groups in total. The molecule has 0 saturated carbocycles. The zero-order valence-corrected chi connectivity index (χ0v) is 8.15. The molecule has 1 amide bonds. The molecule has 1 rings (SSSR count). The van der Waals surface area contributed by atoms with Crippen LogP contribution in [0.3, 0.4) is 0 Å². The Labute approximate surface area is 87.1 Å². The minimum atomic E-state index is -0.588. The lowest BCUT2D eigenvalue weighted by molar-refractivity contribution is 0.187. The summed E-state index contributed by atoms with van der Waals surface area (Å²) in [5.41, 5.74) is 0.470. The third-order valence-corrected chi connectivity index (χ3v) is 1.46. The fourth-order valence-electron chi connectivity index (χ4n) is 0.860. The van der Waals surface area contributed by atoms with E-state index in [0.717, 1.165) is 0 Å². The maximum Gasteiger partial charge on any atom is 0.412 e. The summed E-state index contributed by atoms with van der Waals surface area (Å²) in [4.78, 5) is 14.9. The van der Waals surface area contributed by atoms with E-state index in [2.05, 4.69) is 26.9 Å². The van der Waals surface area contributed by atoms with E-state index < -0.39 is 6.09 Å². The van der Waals surface area contributed by atoms with Crippen LogP contribution in [-0.2, 0) is 4.74 Å². The number of aliphatic hydroxyl groups is 1. The predicted octanol–water partition coefficient (Wildman–Crippen LogP) is 0.604. The van der Waals surface area contributed by atoms with Crippen molar-refractivity contribution in [2.75, 3.05) is 19.0 Å². The van der Waals surface area contributed by atoms with Crippen LogP contribution in [0.15, 0.2) is 18.2 Å². The zero-order chi connectivity index (χ0) is 11.1. The summed E-state index contributed by atoms with van der Waals surface area (Å²) in [5, 5.41) is 10.9. The number of hydrogen-bond donors (Lipinski definition) is 2. The normalized spacial score (nSPS) is 8.67. The first-order valence-corrected chi connectivity index (χ1v) is 4.18. The third-order valence-electron chi connectivity index (χ3n) is 1.46. The van der Waals surface area contributed by atoms with Crippen LogP contribution in [-0.4, -0.2) is 29.9 Å². The van der Waals surface area contributed by atoms with Crippen LogP contribution in [0.25, 0.3) is 0 Å². The van der Waals surface area contributed by atoms with Gasteiger partial charge in [0.25, 0.3) is 0 Å². The summed E-state index contributed by atoms with van der Waals surface area (Å²) in [6.07, 6.45) is -0.588. The molecule has 0 aliphatic carbocycles. The van der Waals surface area contributed by atoms with E-state index in [1.807, 2.05) is 0 Å². The highest BCUT2D eigenvalue weighted by Gasteiger charge is 2.01. The number of carbonyl (C=O) groups is 1. The van der Waals surface area contributed by atoms with Crippen molar-refractivity contribution in [1.82, 2.24) is 4.98 Å². The monoisotopic (exact) mass is 206 g/mol. The topological polar surface area (TPSA) is 71.5 Å². The summed E-state index contributed by atoms with van der Waals surface area (Å²) in [6.45, 7) is -0.226. The molecule has 1 aromatic heterocycles. The van der Waals surface area contributed by atoms with Gasteiger partial charge in [0, 0.05) is 0 Å². The first-order chi connectivity index (χ1) is 7.26. The van der Waals surface area contributed by atoms with Crippen LogP contribution in [0.4, 0.5) is 10.6 Å². The molecule has 0 bridgehead atoms. The Morgan fingerprint density at radius 3 is 3.13 bits per heavy atom. The van der Waals surface area contributed by atoms with Crippen LogP contribution < -0.4 is 5.32 Å². The van der Waals surface area contributed by atoms with Gasteiger partial charge in [-0.2, -0.15) is 0 Å². The van der Waals surface area contributed by atoms with Crippen LogP contribution in [0.2, 0.25) is 0 Å². The number of carbonyl (C=O) groups excluding carboxylic acids is 1. The number of aliphatic hydroxyl groups excluding tert-OH is 1. The number of hydrogen-bond acceptors (Lipinski definition) is 4. The minimum Gasteiger partial charge on any atom is -0.453 e. The lowest BCUT2D eigenvalue weighted by atomic mass is 10.3. The van der Waals surface area contributed by atoms with Crippen LogP contribution in [0.5, 0.6) is 0 Å². The molecule has 0 radical (unpaired) electrons. The minimum absolute atomic E-state index is 0.226. The molecule has 1 aromatic rings. The zero-order valence-electron chi connectivity index (χ0n) is 8.15. The van der Waals surface area contributed by atoms with Gasteiger partial charge in [0.1, 0.15) is 18.1 Å². The number of methoxy groups -OCH3 is 1. The molecule has 1 heterocycles. The standard InChI is InChI=1S/C10H10N2O3/c1-15-10(14)12-9-6-2-4-8(11-9)5-3-7-13/h2,4,6,13H,7H2,1H3,(H,11,12,14). The highest BCUT2D eigenvalue weighted by molar-refractivity contribution is 5.83. The Morgan fingerprint density at radius 2 is 2.47 bits per heavy atom. The largest absolute Gasteiger partial charge is 0.453 e. The van der Waals surface area contributed by atoms with E-state index >= 15 is 0 Å². The van der Waals surface area contributed by atoms with Gasteiger partial charge in [0.2, 0.25) is 0 Å². The summed E-state index contributed by atoms with van der Waals surface area (Å²) in [7, 11) is 1.27. The van der Waals surface area contributed by atoms with Crippen molar-refractivity contribution in [3.63, 3.8) is 0 Å². The van der Waals surface area contributed by atoms with Gasteiger partial charge in [0.15, 0.2) is 0 Å². The number of nitrogens with one attached hydrogen (secondary N) is 1. The average Bonchev–Trinajstić information content (AvgIpc) is 2.26. The van der Waals surface area contributed by atoms with Gasteiger partial charge in [-0.25, -0.2) is 9.78 Å². The van der Waals surface area contributed by atoms with Gasteiger partial charge in [0.05, 0.1) is 7.11 Å². The van der Waals surface area contributed by atoms with Gasteiger partial charge < -0.3 is 9.84 Å². The maximum absolute atomic E-state index is 10.9. The van der Waals surface area contributed by atoms with Gasteiger partial charge in [-0.15, -0.1) is 0 Å². The number of anilines is 1. The van der Waals surface area contributed by atoms with E-state index in [-0.39, 0.29) is 6.61 Å². The first kappa shape index (κ1) is 11.0. The molecule has 0 aliphatic heterocycles. The molecule has 0 atom stereocenters. The second-order valence-electron chi connectivity index (χ2n) is 2.48. The number of pyridine rings is 1. The number of aromatic nitrogens is 1. The molecule has 15 heavy (non-hydrogen) atoms. The number of ether oxygens (including phenoxy) is 1. The number of rotatable bonds is 1. The van der Waals surface area contributed by atoms with Crippen molar-refractivity contribution in [1.29, 1.82) is 0 Å². The van der Waals surface area contributed by atoms with E-state index in [1.165, 1.54) is 7.11 Å². The quantitative estimate of drug-likeness (QED) is 0.660. The Hall–Kier alpha value is -2.06.